The van der Waals surface area contributed by atoms with Crippen molar-refractivity contribution in [3.8, 4) is 0 Å². The van der Waals surface area contributed by atoms with E-state index in [1.54, 1.807) is 0 Å². The van der Waals surface area contributed by atoms with Crippen LogP contribution in [0.25, 0.3) is 0 Å². The number of thiocarbonyl (C=S) groups is 1. The van der Waals surface area contributed by atoms with Gasteiger partial charge in [0.25, 0.3) is 0 Å². The monoisotopic (exact) mass is 358 g/mol. The molecule has 2 saturated heterocycles. The lowest BCUT2D eigenvalue weighted by Crippen LogP contribution is -2.37. The van der Waals surface area contributed by atoms with Crippen molar-refractivity contribution in [2.75, 3.05) is 21.3 Å². The molecule has 4 rings (SSSR count). The number of benzene rings is 2. The minimum absolute atomic E-state index is 0.134. The van der Waals surface area contributed by atoms with Gasteiger partial charge in [0.2, 0.25) is 0 Å². The van der Waals surface area contributed by atoms with Crippen LogP contribution in [0.1, 0.15) is 5.56 Å². The molecule has 0 N–H and O–H groups in total. The van der Waals surface area contributed by atoms with Crippen molar-refractivity contribution >= 4 is 38.5 Å². The molecule has 2 atom stereocenters. The number of sulfone groups is 1. The average molecular weight is 358 g/mol. The van der Waals surface area contributed by atoms with Gasteiger partial charge >= 0.3 is 0 Å². The summed E-state index contributed by atoms with van der Waals surface area (Å²) in [4.78, 5) is 4.03. The minimum atomic E-state index is -3.06. The SMILES string of the molecule is Cc1cccc(N2C(=S)N(c3ccccc3)C3CS(=O)(=O)CC32)c1. The van der Waals surface area contributed by atoms with E-state index in [1.807, 2.05) is 65.3 Å². The molecular weight excluding hydrogens is 340 g/mol. The van der Waals surface area contributed by atoms with Gasteiger partial charge in [-0.3, -0.25) is 0 Å². The van der Waals surface area contributed by atoms with Crippen molar-refractivity contribution in [2.45, 2.75) is 19.0 Å². The third-order valence-electron chi connectivity index (χ3n) is 4.68. The molecule has 0 bridgehead atoms. The molecule has 0 aliphatic carbocycles. The molecule has 124 valence electrons. The molecule has 2 aromatic rings. The quantitative estimate of drug-likeness (QED) is 0.772. The molecule has 6 heteroatoms. The molecule has 0 saturated carbocycles. The first-order valence-electron chi connectivity index (χ1n) is 7.91. The fraction of sp³-hybridized carbons (Fsp3) is 0.278. The topological polar surface area (TPSA) is 40.6 Å². The van der Waals surface area contributed by atoms with Crippen molar-refractivity contribution in [3.05, 3.63) is 60.2 Å². The molecule has 2 unspecified atom stereocenters. The molecule has 2 fully saturated rings. The molecule has 2 heterocycles. The number of hydrogen-bond acceptors (Lipinski definition) is 3. The molecule has 2 aliphatic rings. The van der Waals surface area contributed by atoms with Crippen LogP contribution >= 0.6 is 12.2 Å². The Morgan fingerprint density at radius 3 is 2.12 bits per heavy atom. The van der Waals surface area contributed by atoms with Gasteiger partial charge in [0.15, 0.2) is 14.9 Å². The highest BCUT2D eigenvalue weighted by atomic mass is 32.2. The number of rotatable bonds is 2. The van der Waals surface area contributed by atoms with Gasteiger partial charge in [0, 0.05) is 11.4 Å². The van der Waals surface area contributed by atoms with Gasteiger partial charge in [0.1, 0.15) is 0 Å². The maximum atomic E-state index is 12.3. The lowest BCUT2D eigenvalue weighted by Gasteiger charge is -2.26. The van der Waals surface area contributed by atoms with Gasteiger partial charge in [0.05, 0.1) is 23.6 Å². The van der Waals surface area contributed by atoms with Crippen LogP contribution in [0.4, 0.5) is 11.4 Å². The third-order valence-corrected chi connectivity index (χ3v) is 6.78. The molecule has 2 aliphatic heterocycles. The number of para-hydroxylation sites is 1. The first kappa shape index (κ1) is 15.6. The fourth-order valence-electron chi connectivity index (χ4n) is 3.67. The maximum Gasteiger partial charge on any atom is 0.181 e. The summed E-state index contributed by atoms with van der Waals surface area (Å²) >= 11 is 5.76. The molecule has 0 amide bonds. The maximum absolute atomic E-state index is 12.3. The first-order chi connectivity index (χ1) is 11.5. The summed E-state index contributed by atoms with van der Waals surface area (Å²) in [5.41, 5.74) is 3.04. The van der Waals surface area contributed by atoms with Crippen molar-refractivity contribution in [1.29, 1.82) is 0 Å². The second-order valence-electron chi connectivity index (χ2n) is 6.41. The van der Waals surface area contributed by atoms with Crippen LogP contribution in [0.2, 0.25) is 0 Å². The minimum Gasteiger partial charge on any atom is -0.312 e. The number of nitrogens with zero attached hydrogens (tertiary/aromatic N) is 2. The lowest BCUT2D eigenvalue weighted by molar-refractivity contribution is 0.601. The van der Waals surface area contributed by atoms with Crippen LogP contribution in [0.3, 0.4) is 0 Å². The Balaban J connectivity index is 1.82. The number of aryl methyl sites for hydroxylation is 1. The molecule has 0 aromatic heterocycles. The van der Waals surface area contributed by atoms with Gasteiger partial charge in [-0.2, -0.15) is 0 Å². The van der Waals surface area contributed by atoms with Gasteiger partial charge in [-0.25, -0.2) is 8.42 Å². The first-order valence-corrected chi connectivity index (χ1v) is 10.1. The van der Waals surface area contributed by atoms with Crippen LogP contribution in [-0.2, 0) is 9.84 Å². The van der Waals surface area contributed by atoms with Gasteiger partial charge in [-0.1, -0.05) is 30.3 Å². The third kappa shape index (κ3) is 2.50. The van der Waals surface area contributed by atoms with E-state index in [4.69, 9.17) is 12.2 Å². The zero-order chi connectivity index (χ0) is 16.9. The number of hydrogen-bond donors (Lipinski definition) is 0. The van der Waals surface area contributed by atoms with Gasteiger partial charge in [-0.05, 0) is 49.0 Å². The van der Waals surface area contributed by atoms with Crippen molar-refractivity contribution in [1.82, 2.24) is 0 Å². The summed E-state index contributed by atoms with van der Waals surface area (Å²) in [5.74, 6) is 0.296. The normalized spacial score (nSPS) is 25.1. The Hall–Kier alpha value is -1.92. The highest BCUT2D eigenvalue weighted by molar-refractivity contribution is 7.91. The van der Waals surface area contributed by atoms with E-state index in [0.29, 0.717) is 5.11 Å². The van der Waals surface area contributed by atoms with Crippen LogP contribution in [-0.4, -0.2) is 37.1 Å². The van der Waals surface area contributed by atoms with Crippen LogP contribution in [0.15, 0.2) is 54.6 Å². The summed E-state index contributed by atoms with van der Waals surface area (Å²) in [5, 5.41) is 0.678. The van der Waals surface area contributed by atoms with E-state index in [9.17, 15) is 8.42 Å². The zero-order valence-corrected chi connectivity index (χ0v) is 14.9. The van der Waals surface area contributed by atoms with Crippen LogP contribution in [0, 0.1) is 6.92 Å². The highest BCUT2D eigenvalue weighted by Gasteiger charge is 2.52. The van der Waals surface area contributed by atoms with Crippen molar-refractivity contribution < 1.29 is 8.42 Å². The second-order valence-corrected chi connectivity index (χ2v) is 8.93. The van der Waals surface area contributed by atoms with E-state index in [0.717, 1.165) is 16.9 Å². The van der Waals surface area contributed by atoms with E-state index in [-0.39, 0.29) is 23.6 Å². The summed E-state index contributed by atoms with van der Waals surface area (Å²) in [6.07, 6.45) is 0. The van der Waals surface area contributed by atoms with Gasteiger partial charge in [-0.15, -0.1) is 0 Å². The smallest absolute Gasteiger partial charge is 0.181 e. The Labute approximate surface area is 147 Å². The van der Waals surface area contributed by atoms with E-state index in [2.05, 4.69) is 6.07 Å². The molecule has 24 heavy (non-hydrogen) atoms. The van der Waals surface area contributed by atoms with Gasteiger partial charge < -0.3 is 9.80 Å². The van der Waals surface area contributed by atoms with Crippen molar-refractivity contribution in [3.63, 3.8) is 0 Å². The lowest BCUT2D eigenvalue weighted by atomic mass is 10.1. The molecule has 2 aromatic carbocycles. The zero-order valence-electron chi connectivity index (χ0n) is 13.3. The van der Waals surface area contributed by atoms with E-state index in [1.165, 1.54) is 0 Å². The average Bonchev–Trinajstić information content (AvgIpc) is 2.96. The second kappa shape index (κ2) is 5.57. The fourth-order valence-corrected chi connectivity index (χ4v) is 6.07. The summed E-state index contributed by atoms with van der Waals surface area (Å²) in [6.45, 7) is 2.03. The van der Waals surface area contributed by atoms with E-state index < -0.39 is 9.84 Å². The number of fused-ring (bicyclic) bond motifs is 1. The summed E-state index contributed by atoms with van der Waals surface area (Å²) in [6, 6.07) is 17.6. The Morgan fingerprint density at radius 1 is 0.917 bits per heavy atom. The van der Waals surface area contributed by atoms with Crippen molar-refractivity contribution in [2.24, 2.45) is 0 Å². The van der Waals surface area contributed by atoms with Crippen LogP contribution in [0.5, 0.6) is 0 Å². The molecule has 0 radical (unpaired) electrons. The molecule has 4 nitrogen and oxygen atoms in total. The summed E-state index contributed by atoms with van der Waals surface area (Å²) in [7, 11) is -3.06. The number of anilines is 2. The standard InChI is InChI=1S/C18H18N2O2S2/c1-13-6-5-9-15(10-13)20-17-12-24(21,22)11-16(17)19(18(20)23)14-7-3-2-4-8-14/h2-10,16-17H,11-12H2,1H3. The highest BCUT2D eigenvalue weighted by Crippen LogP contribution is 2.38. The predicted octanol–water partition coefficient (Wildman–Crippen LogP) is 2.77. The molecular formula is C18H18N2O2S2. The largest absolute Gasteiger partial charge is 0.312 e. The summed E-state index contributed by atoms with van der Waals surface area (Å²) < 4.78 is 24.5. The van der Waals surface area contributed by atoms with E-state index >= 15 is 0 Å². The Morgan fingerprint density at radius 2 is 1.50 bits per heavy atom. The Bertz CT molecular complexity index is 896. The van der Waals surface area contributed by atoms with Crippen LogP contribution < -0.4 is 9.80 Å². The predicted molar refractivity (Wildman–Crippen MR) is 101 cm³/mol. The Kier molecular flexibility index (Phi) is 3.62. The molecule has 0 spiro atoms.